The highest BCUT2D eigenvalue weighted by atomic mass is 16.5. The summed E-state index contributed by atoms with van der Waals surface area (Å²) in [5, 5.41) is 11.2. The first kappa shape index (κ1) is 22.2. The highest BCUT2D eigenvalue weighted by molar-refractivity contribution is 5.95. The van der Waals surface area contributed by atoms with E-state index in [2.05, 4.69) is 20.4 Å². The Morgan fingerprint density at radius 2 is 1.91 bits per heavy atom. The van der Waals surface area contributed by atoms with Crippen LogP contribution in [0.2, 0.25) is 0 Å². The van der Waals surface area contributed by atoms with Crippen LogP contribution in [0.4, 0.5) is 5.69 Å². The second kappa shape index (κ2) is 10.5. The molecule has 1 amide bonds. The maximum Gasteiger partial charge on any atom is 0.272 e. The lowest BCUT2D eigenvalue weighted by Crippen LogP contribution is -2.37. The molecule has 3 aromatic rings. The quantitative estimate of drug-likeness (QED) is 0.527. The predicted molar refractivity (Wildman–Crippen MR) is 127 cm³/mol. The van der Waals surface area contributed by atoms with Gasteiger partial charge in [-0.1, -0.05) is 30.3 Å². The molecule has 0 spiro atoms. The lowest BCUT2D eigenvalue weighted by atomic mass is 10.0. The molecule has 7 heteroatoms. The molecule has 2 aromatic carbocycles. The average molecular weight is 435 g/mol. The van der Waals surface area contributed by atoms with Crippen LogP contribution in [0.25, 0.3) is 22.0 Å². The summed E-state index contributed by atoms with van der Waals surface area (Å²) in [5.74, 6) is 0.0135. The molecule has 1 aliphatic heterocycles. The Bertz CT molecular complexity index is 1120. The lowest BCUT2D eigenvalue weighted by molar-refractivity contribution is -0.116. The number of piperidine rings is 1. The molecule has 1 aromatic heterocycles. The van der Waals surface area contributed by atoms with E-state index < -0.39 is 0 Å². The number of benzene rings is 2. The highest BCUT2D eigenvalue weighted by Gasteiger charge is 2.18. The van der Waals surface area contributed by atoms with Gasteiger partial charge in [-0.15, -0.1) is 0 Å². The molecule has 1 fully saturated rings. The summed E-state index contributed by atoms with van der Waals surface area (Å²) >= 11 is 0. The molecule has 0 aliphatic carbocycles. The molecule has 1 saturated heterocycles. The largest absolute Gasteiger partial charge is 0.381 e. The minimum Gasteiger partial charge on any atom is -0.381 e. The Morgan fingerprint density at radius 3 is 2.69 bits per heavy atom. The SMILES string of the molecule is COC1CCN(CCCCC(=O)Nc2cccc(-c3n[nH]c(=O)c4ccccc34)c2)CC1. The van der Waals surface area contributed by atoms with Crippen LogP contribution in [0.3, 0.4) is 0 Å². The van der Waals surface area contributed by atoms with E-state index in [-0.39, 0.29) is 11.5 Å². The minimum atomic E-state index is -0.211. The molecule has 2 N–H and O–H groups in total. The van der Waals surface area contributed by atoms with Crippen molar-refractivity contribution in [2.45, 2.75) is 38.2 Å². The molecular formula is C25H30N4O3. The van der Waals surface area contributed by atoms with E-state index in [9.17, 15) is 9.59 Å². The third kappa shape index (κ3) is 5.41. The van der Waals surface area contributed by atoms with Gasteiger partial charge in [0.1, 0.15) is 0 Å². The third-order valence-corrected chi connectivity index (χ3v) is 6.11. The van der Waals surface area contributed by atoms with Crippen molar-refractivity contribution >= 4 is 22.4 Å². The zero-order chi connectivity index (χ0) is 22.3. The number of anilines is 1. The number of carbonyl (C=O) groups excluding carboxylic acids is 1. The number of nitrogens with zero attached hydrogens (tertiary/aromatic N) is 2. The Kier molecular flexibility index (Phi) is 7.29. The van der Waals surface area contributed by atoms with E-state index in [1.165, 1.54) is 0 Å². The van der Waals surface area contributed by atoms with E-state index in [1.807, 2.05) is 42.5 Å². The van der Waals surface area contributed by atoms with Crippen molar-refractivity contribution < 1.29 is 9.53 Å². The first-order chi connectivity index (χ1) is 15.6. The first-order valence-corrected chi connectivity index (χ1v) is 11.3. The zero-order valence-corrected chi connectivity index (χ0v) is 18.5. The number of methoxy groups -OCH3 is 1. The Balaban J connectivity index is 1.31. The number of nitrogens with one attached hydrogen (secondary N) is 2. The fourth-order valence-corrected chi connectivity index (χ4v) is 4.29. The van der Waals surface area contributed by atoms with Crippen molar-refractivity contribution in [2.75, 3.05) is 32.1 Å². The highest BCUT2D eigenvalue weighted by Crippen LogP contribution is 2.26. The van der Waals surface area contributed by atoms with Crippen LogP contribution in [0.1, 0.15) is 32.1 Å². The Morgan fingerprint density at radius 1 is 1.12 bits per heavy atom. The van der Waals surface area contributed by atoms with Gasteiger partial charge in [-0.25, -0.2) is 5.10 Å². The number of hydrogen-bond acceptors (Lipinski definition) is 5. The summed E-state index contributed by atoms with van der Waals surface area (Å²) in [4.78, 5) is 26.9. The number of unbranched alkanes of at least 4 members (excludes halogenated alkanes) is 1. The number of hydrogen-bond donors (Lipinski definition) is 2. The summed E-state index contributed by atoms with van der Waals surface area (Å²) < 4.78 is 5.42. The molecule has 0 bridgehead atoms. The van der Waals surface area contributed by atoms with Crippen molar-refractivity contribution in [3.8, 4) is 11.3 Å². The average Bonchev–Trinajstić information content (AvgIpc) is 2.83. The van der Waals surface area contributed by atoms with Gasteiger partial charge in [-0.3, -0.25) is 9.59 Å². The second-order valence-corrected chi connectivity index (χ2v) is 8.31. The fraction of sp³-hybridized carbons (Fsp3) is 0.400. The molecular weight excluding hydrogens is 404 g/mol. The van der Waals surface area contributed by atoms with E-state index in [4.69, 9.17) is 4.74 Å². The molecule has 0 unspecified atom stereocenters. The summed E-state index contributed by atoms with van der Waals surface area (Å²) in [6.45, 7) is 3.18. The van der Waals surface area contributed by atoms with Crippen LogP contribution in [0.15, 0.2) is 53.3 Å². The standard InChI is InChI=1S/C25H30N4O3/c1-32-20-12-15-29(16-13-20)14-5-4-11-23(30)26-19-8-6-7-18(17-19)24-21-9-2-3-10-22(21)25(31)28-27-24/h2-3,6-10,17,20H,4-5,11-16H2,1H3,(H,26,30)(H,28,31). The van der Waals surface area contributed by atoms with Crippen molar-refractivity contribution in [3.05, 3.63) is 58.9 Å². The second-order valence-electron chi connectivity index (χ2n) is 8.31. The molecule has 1 aliphatic rings. The Hall–Kier alpha value is -3.03. The number of amides is 1. The van der Waals surface area contributed by atoms with Crippen molar-refractivity contribution in [2.24, 2.45) is 0 Å². The number of H-pyrrole nitrogens is 1. The maximum absolute atomic E-state index is 12.4. The predicted octanol–water partition coefficient (Wildman–Crippen LogP) is 3.81. The van der Waals surface area contributed by atoms with Crippen molar-refractivity contribution in [1.82, 2.24) is 15.1 Å². The molecule has 0 radical (unpaired) electrons. The smallest absolute Gasteiger partial charge is 0.272 e. The number of ether oxygens (including phenoxy) is 1. The molecule has 4 rings (SSSR count). The van der Waals surface area contributed by atoms with Gasteiger partial charge >= 0.3 is 0 Å². The zero-order valence-electron chi connectivity index (χ0n) is 18.5. The van der Waals surface area contributed by atoms with Gasteiger partial charge in [0, 0.05) is 43.3 Å². The van der Waals surface area contributed by atoms with Crippen LogP contribution < -0.4 is 10.9 Å². The number of rotatable bonds is 8. The van der Waals surface area contributed by atoms with Crippen LogP contribution in [0.5, 0.6) is 0 Å². The van der Waals surface area contributed by atoms with Crippen LogP contribution in [-0.2, 0) is 9.53 Å². The molecule has 0 atom stereocenters. The van der Waals surface area contributed by atoms with Gasteiger partial charge in [0.05, 0.1) is 17.2 Å². The van der Waals surface area contributed by atoms with Gasteiger partial charge in [-0.05, 0) is 50.4 Å². The van der Waals surface area contributed by atoms with Crippen LogP contribution in [-0.4, -0.2) is 53.9 Å². The molecule has 0 saturated carbocycles. The molecule has 168 valence electrons. The van der Waals surface area contributed by atoms with E-state index in [0.29, 0.717) is 23.6 Å². The number of aromatic nitrogens is 2. The van der Waals surface area contributed by atoms with Gasteiger partial charge in [0.2, 0.25) is 5.91 Å². The first-order valence-electron chi connectivity index (χ1n) is 11.3. The van der Waals surface area contributed by atoms with Gasteiger partial charge in [0.15, 0.2) is 0 Å². The van der Waals surface area contributed by atoms with E-state index >= 15 is 0 Å². The van der Waals surface area contributed by atoms with Gasteiger partial charge < -0.3 is 15.0 Å². The summed E-state index contributed by atoms with van der Waals surface area (Å²) in [6, 6.07) is 15.0. The molecule has 32 heavy (non-hydrogen) atoms. The number of likely N-dealkylation sites (tertiary alicyclic amines) is 1. The van der Waals surface area contributed by atoms with Gasteiger partial charge in [0.25, 0.3) is 5.56 Å². The summed E-state index contributed by atoms with van der Waals surface area (Å²) in [7, 11) is 1.79. The minimum absolute atomic E-state index is 0.0135. The van der Waals surface area contributed by atoms with E-state index in [1.54, 1.807) is 13.2 Å². The molecule has 2 heterocycles. The normalized spacial score (nSPS) is 15.2. The fourth-order valence-electron chi connectivity index (χ4n) is 4.29. The number of aromatic amines is 1. The van der Waals surface area contributed by atoms with E-state index in [0.717, 1.165) is 62.0 Å². The Labute approximate surface area is 187 Å². The number of carbonyl (C=O) groups is 1. The number of fused-ring (bicyclic) bond motifs is 1. The van der Waals surface area contributed by atoms with Crippen LogP contribution >= 0.6 is 0 Å². The topological polar surface area (TPSA) is 87.3 Å². The lowest BCUT2D eigenvalue weighted by Gasteiger charge is -2.31. The monoisotopic (exact) mass is 434 g/mol. The van der Waals surface area contributed by atoms with Crippen LogP contribution in [0, 0.1) is 0 Å². The van der Waals surface area contributed by atoms with Crippen molar-refractivity contribution in [1.29, 1.82) is 0 Å². The summed E-state index contributed by atoms with van der Waals surface area (Å²) in [6.07, 6.45) is 4.95. The van der Waals surface area contributed by atoms with Gasteiger partial charge in [-0.2, -0.15) is 5.10 Å². The molecule has 7 nitrogen and oxygen atoms in total. The third-order valence-electron chi connectivity index (χ3n) is 6.11. The maximum atomic E-state index is 12.4. The summed E-state index contributed by atoms with van der Waals surface area (Å²) in [5.41, 5.74) is 2.05. The van der Waals surface area contributed by atoms with Crippen molar-refractivity contribution in [3.63, 3.8) is 0 Å².